The van der Waals surface area contributed by atoms with Crippen molar-refractivity contribution in [3.05, 3.63) is 83.2 Å². The van der Waals surface area contributed by atoms with Gasteiger partial charge in [0.15, 0.2) is 10.9 Å². The van der Waals surface area contributed by atoms with Gasteiger partial charge in [0, 0.05) is 112 Å². The Labute approximate surface area is 536 Å². The largest absolute Gasteiger partial charge is 0.593 e. The van der Waals surface area contributed by atoms with Crippen LogP contribution < -0.4 is 15.6 Å². The number of carbonyl (C=O) groups excluding carboxylic acids is 4. The Hall–Kier alpha value is -5.38. The Morgan fingerprint density at radius 1 is 0.900 bits per heavy atom. The quantitative estimate of drug-likeness (QED) is 0.0744. The molecule has 90 heavy (non-hydrogen) atoms. The van der Waals surface area contributed by atoms with Crippen molar-refractivity contribution in [3.63, 3.8) is 0 Å². The molecule has 14 rings (SSSR count). The normalized spacial score (nSPS) is 30.5. The average molecular weight is 1250 g/mol. The van der Waals surface area contributed by atoms with Gasteiger partial charge in [0.25, 0.3) is 5.91 Å². The third-order valence-corrected chi connectivity index (χ3v) is 24.1. The van der Waals surface area contributed by atoms with Gasteiger partial charge in [0.1, 0.15) is 12.1 Å². The minimum Gasteiger partial charge on any atom is -0.593 e. The first-order valence-electron chi connectivity index (χ1n) is 34.5. The third kappa shape index (κ3) is 12.3. The summed E-state index contributed by atoms with van der Waals surface area (Å²) in [4.78, 5) is 78.0. The second-order valence-corrected chi connectivity index (χ2v) is 30.8. The number of likely N-dealkylation sites (tertiary alicyclic amines) is 2. The molecule has 2 aromatic heterocycles. The van der Waals surface area contributed by atoms with E-state index in [-0.39, 0.29) is 59.8 Å². The zero-order valence-corrected chi connectivity index (χ0v) is 55.1. The second kappa shape index (κ2) is 25.5. The van der Waals surface area contributed by atoms with E-state index in [4.69, 9.17) is 14.5 Å². The van der Waals surface area contributed by atoms with E-state index in [1.807, 2.05) is 40.4 Å². The smallest absolute Gasteiger partial charge is 0.324 e. The monoisotopic (exact) mass is 1250 g/mol. The topological polar surface area (TPSA) is 174 Å². The lowest BCUT2D eigenvalue weighted by atomic mass is 9.84. The number of benzene rings is 2. The van der Waals surface area contributed by atoms with Crippen molar-refractivity contribution in [3.8, 4) is 11.3 Å². The molecule has 3 amide bonds. The van der Waals surface area contributed by atoms with Gasteiger partial charge in [-0.15, -0.1) is 4.31 Å². The number of rotatable bonds is 13. The number of cyclic esters (lactones) is 1. The molecule has 2 N–H and O–H groups in total. The zero-order chi connectivity index (χ0) is 62.2. The number of anilines is 1. The number of ether oxygens (including phenoxy) is 2. The number of methoxy groups -OCH3 is 1. The summed E-state index contributed by atoms with van der Waals surface area (Å²) in [6.07, 6.45) is 18.4. The van der Waals surface area contributed by atoms with Gasteiger partial charge in [0.05, 0.1) is 59.4 Å². The van der Waals surface area contributed by atoms with Crippen molar-refractivity contribution in [2.45, 2.75) is 185 Å². The van der Waals surface area contributed by atoms with E-state index >= 15 is 9.59 Å². The first-order chi connectivity index (χ1) is 43.6. The number of hydrazine groups is 1. The Balaban J connectivity index is 0.743. The highest BCUT2D eigenvalue weighted by Crippen LogP contribution is 2.52. The van der Waals surface area contributed by atoms with Gasteiger partial charge in [-0.05, 0) is 170 Å². The number of piperidine rings is 1. The van der Waals surface area contributed by atoms with E-state index < -0.39 is 34.9 Å². The average Bonchev–Trinajstić information content (AvgIpc) is 1.59. The molecule has 8 fully saturated rings. The van der Waals surface area contributed by atoms with Crippen LogP contribution in [0.5, 0.6) is 0 Å². The van der Waals surface area contributed by atoms with Gasteiger partial charge < -0.3 is 33.7 Å². The molecular weight excluding hydrogens is 1150 g/mol. The van der Waals surface area contributed by atoms with Crippen LogP contribution in [0.15, 0.2) is 65.7 Å². The van der Waals surface area contributed by atoms with E-state index in [9.17, 15) is 14.1 Å². The molecule has 8 aliphatic heterocycles. The summed E-state index contributed by atoms with van der Waals surface area (Å²) < 4.78 is 30.9. The first-order valence-corrected chi connectivity index (χ1v) is 35.6. The molecule has 4 aromatic rings. The molecule has 484 valence electrons. The Morgan fingerprint density at radius 2 is 1.70 bits per heavy atom. The number of amides is 3. The van der Waals surface area contributed by atoms with Crippen LogP contribution in [0.2, 0.25) is 0 Å². The van der Waals surface area contributed by atoms with Crippen LogP contribution in [-0.2, 0) is 53.0 Å². The fourth-order valence-electron chi connectivity index (χ4n) is 17.3. The maximum Gasteiger partial charge on any atom is 0.324 e. The van der Waals surface area contributed by atoms with Gasteiger partial charge >= 0.3 is 5.97 Å². The summed E-state index contributed by atoms with van der Waals surface area (Å²) in [6.45, 7) is 20.6. The third-order valence-electron chi connectivity index (χ3n) is 22.5. The van der Waals surface area contributed by atoms with Crippen LogP contribution in [0.25, 0.3) is 27.7 Å². The van der Waals surface area contributed by atoms with Crippen LogP contribution in [0.4, 0.5) is 5.69 Å². The molecule has 2 aliphatic carbocycles. The van der Waals surface area contributed by atoms with Gasteiger partial charge in [-0.3, -0.25) is 43.9 Å². The van der Waals surface area contributed by atoms with E-state index in [2.05, 4.69) is 99.1 Å². The van der Waals surface area contributed by atoms with Crippen molar-refractivity contribution >= 4 is 57.2 Å². The minimum atomic E-state index is -1.40. The van der Waals surface area contributed by atoms with Crippen LogP contribution in [0, 0.1) is 29.6 Å². The van der Waals surface area contributed by atoms with Gasteiger partial charge in [-0.1, -0.05) is 62.9 Å². The lowest BCUT2D eigenvalue weighted by molar-refractivity contribution is -0.155. The first kappa shape index (κ1) is 62.1. The number of carbonyl (C=O) groups is 4. The lowest BCUT2D eigenvalue weighted by Crippen LogP contribution is -2.63. The fourth-order valence-corrected chi connectivity index (χ4v) is 18.8. The standard InChI is InChI=1S/C71H97N11O7S/c1-7-80-60-26-23-50-36-55(60)57(64(80)56-37-53(39-72-61(56)47(3)88-6)77-35-34-76-30-11-10-17-52(76)41-77)38-70(4,5)45-89-69(86)58-18-13-31-81(74-58)67(84)59(42-75-29-12-16-51(50)40-75)73-66(83)63(48-14-8-9-15-48)78-32-27-71(43-78)28-33-79(44-71)68(85)65-62(49-21-22-49)82(65)90(87)54-24-19-46(2)20-25-54/h16,19-20,23-26,36-37,39,47-49,52,58-59,62-63,65,74H,7-15,17-18,21-22,27-35,38,40-45H2,1-6H3,(H,73,83)/t47-,52+,58-,59-,62+,63-,65+,71-,82?,90?/m0/s1. The molecule has 6 saturated heterocycles. The Morgan fingerprint density at radius 3 is 2.49 bits per heavy atom. The van der Waals surface area contributed by atoms with E-state index in [1.54, 1.807) is 12.1 Å². The number of aromatic nitrogens is 2. The van der Waals surface area contributed by atoms with Gasteiger partial charge in [-0.25, -0.2) is 5.43 Å². The zero-order valence-electron chi connectivity index (χ0n) is 54.3. The SMILES string of the molecule is CCn1c(-c2cc(N3CCN4CCCC[C@@H]4C3)cnc2[C@H](C)OC)c2c3cc(ccc31)C1=CCCN(C1)C[C@H](NC(=O)[C@H](C1CCCC1)N1CC[C@]3(CCN(C(=O)[C@H]4[C@@H](C5CC5)N4[S+]([O-])c4ccc(C)cc4)C3)C1)C(=O)N1CCC[C@H](N1)C(=O)OCC(C)(C)C2. The summed E-state index contributed by atoms with van der Waals surface area (Å²) in [6, 6.07) is 15.3. The maximum atomic E-state index is 15.6. The molecule has 18 nitrogen and oxygen atoms in total. The molecule has 2 saturated carbocycles. The predicted octanol–water partition coefficient (Wildman–Crippen LogP) is 8.28. The Bertz CT molecular complexity index is 3380. The highest BCUT2D eigenvalue weighted by molar-refractivity contribution is 7.89. The lowest BCUT2D eigenvalue weighted by Gasteiger charge is -2.45. The van der Waals surface area contributed by atoms with Crippen molar-refractivity contribution in [2.75, 3.05) is 97.2 Å². The van der Waals surface area contributed by atoms with Crippen molar-refractivity contribution in [1.82, 2.24) is 49.2 Å². The summed E-state index contributed by atoms with van der Waals surface area (Å²) >= 11 is -1.40. The van der Waals surface area contributed by atoms with E-state index in [1.165, 1.54) is 36.9 Å². The molecule has 10 heterocycles. The minimum absolute atomic E-state index is 0.0160. The molecule has 0 radical (unpaired) electrons. The molecule has 6 bridgehead atoms. The molecule has 10 aliphatic rings. The summed E-state index contributed by atoms with van der Waals surface area (Å²) in [5, 5.41) is 6.20. The summed E-state index contributed by atoms with van der Waals surface area (Å²) in [5.41, 5.74) is 12.7. The number of hydrogen-bond donors (Lipinski definition) is 2. The second-order valence-electron chi connectivity index (χ2n) is 29.4. The van der Waals surface area contributed by atoms with Crippen molar-refractivity contribution in [2.24, 2.45) is 22.7 Å². The summed E-state index contributed by atoms with van der Waals surface area (Å²) in [7, 11) is 1.76. The molecule has 3 unspecified atom stereocenters. The number of pyridine rings is 1. The van der Waals surface area contributed by atoms with E-state index in [0.717, 1.165) is 147 Å². The number of aryl methyl sites for hydroxylation is 2. The highest BCUT2D eigenvalue weighted by atomic mass is 32.2. The fraction of sp³-hybridized carbons (Fsp3) is 0.648. The van der Waals surface area contributed by atoms with Crippen LogP contribution in [0.3, 0.4) is 0 Å². The molecular formula is C71H97N11O7S. The molecule has 11 atom stereocenters. The molecule has 19 heteroatoms. The number of fused-ring (bicyclic) bond motifs is 7. The number of nitrogens with one attached hydrogen (secondary N) is 2. The number of hydrogen-bond acceptors (Lipinski definition) is 14. The van der Waals surface area contributed by atoms with E-state index in [0.29, 0.717) is 70.5 Å². The number of nitrogens with zero attached hydrogens (tertiary/aromatic N) is 9. The highest BCUT2D eigenvalue weighted by Gasteiger charge is 2.67. The maximum absolute atomic E-state index is 15.6. The number of esters is 1. The predicted molar refractivity (Wildman–Crippen MR) is 350 cm³/mol. The summed E-state index contributed by atoms with van der Waals surface area (Å²) in [5.74, 6) is -0.0971. The van der Waals surface area contributed by atoms with Crippen molar-refractivity contribution in [1.29, 1.82) is 0 Å². The van der Waals surface area contributed by atoms with Crippen LogP contribution in [-0.4, -0.2) is 195 Å². The van der Waals surface area contributed by atoms with Gasteiger partial charge in [0.2, 0.25) is 11.8 Å². The number of piperazine rings is 1. The van der Waals surface area contributed by atoms with Gasteiger partial charge in [-0.2, -0.15) is 0 Å². The Kier molecular flexibility index (Phi) is 17.6. The molecule has 1 spiro atoms. The van der Waals surface area contributed by atoms with Crippen molar-refractivity contribution < 1.29 is 33.2 Å². The molecule has 2 aromatic carbocycles. The van der Waals surface area contributed by atoms with Crippen LogP contribution >= 0.6 is 0 Å². The van der Waals surface area contributed by atoms with Crippen LogP contribution in [0.1, 0.15) is 146 Å².